The fraction of sp³-hybridized carbons (Fsp3) is 0.238. The molecular formula is C21H21N3O4S. The minimum absolute atomic E-state index is 0.195. The van der Waals surface area contributed by atoms with E-state index < -0.39 is 10.0 Å². The van der Waals surface area contributed by atoms with E-state index in [0.717, 1.165) is 5.56 Å². The summed E-state index contributed by atoms with van der Waals surface area (Å²) in [4.78, 5) is 15.1. The largest absolute Gasteiger partial charge is 0.360 e. The normalized spacial score (nSPS) is 15.4. The predicted molar refractivity (Wildman–Crippen MR) is 108 cm³/mol. The molecule has 29 heavy (non-hydrogen) atoms. The van der Waals surface area contributed by atoms with Gasteiger partial charge in [0.05, 0.1) is 4.90 Å². The molecule has 0 N–H and O–H groups in total. The summed E-state index contributed by atoms with van der Waals surface area (Å²) in [7, 11) is -3.56. The molecular weight excluding hydrogens is 390 g/mol. The van der Waals surface area contributed by atoms with Crippen molar-refractivity contribution in [3.63, 3.8) is 0 Å². The Hall–Kier alpha value is -2.97. The highest BCUT2D eigenvalue weighted by molar-refractivity contribution is 7.89. The zero-order chi connectivity index (χ0) is 20.4. The maximum atomic E-state index is 13.2. The average molecular weight is 411 g/mol. The number of nitrogens with zero attached hydrogens (tertiary/aromatic N) is 3. The number of rotatable bonds is 4. The van der Waals surface area contributed by atoms with Crippen molar-refractivity contribution in [3.8, 4) is 11.3 Å². The summed E-state index contributed by atoms with van der Waals surface area (Å²) < 4.78 is 32.3. The molecule has 0 radical (unpaired) electrons. The van der Waals surface area contributed by atoms with E-state index in [9.17, 15) is 13.2 Å². The van der Waals surface area contributed by atoms with Crippen LogP contribution in [-0.4, -0.2) is 54.9 Å². The molecule has 1 saturated heterocycles. The van der Waals surface area contributed by atoms with Gasteiger partial charge in [-0.3, -0.25) is 4.79 Å². The number of carbonyl (C=O) groups is 1. The molecule has 1 aromatic heterocycles. The van der Waals surface area contributed by atoms with Crippen LogP contribution in [0.1, 0.15) is 16.1 Å². The third kappa shape index (κ3) is 3.68. The van der Waals surface area contributed by atoms with E-state index in [4.69, 9.17) is 4.52 Å². The van der Waals surface area contributed by atoms with Crippen molar-refractivity contribution in [3.05, 3.63) is 72.0 Å². The molecule has 2 heterocycles. The van der Waals surface area contributed by atoms with Crippen molar-refractivity contribution in [1.29, 1.82) is 0 Å². The van der Waals surface area contributed by atoms with Gasteiger partial charge in [-0.25, -0.2) is 8.42 Å². The molecule has 1 amide bonds. The third-order valence-electron chi connectivity index (χ3n) is 5.03. The van der Waals surface area contributed by atoms with E-state index in [2.05, 4.69) is 5.16 Å². The van der Waals surface area contributed by atoms with Crippen LogP contribution in [0.4, 0.5) is 0 Å². The van der Waals surface area contributed by atoms with Crippen molar-refractivity contribution in [2.45, 2.75) is 11.8 Å². The summed E-state index contributed by atoms with van der Waals surface area (Å²) in [5.74, 6) is 0.257. The van der Waals surface area contributed by atoms with Crippen LogP contribution < -0.4 is 0 Å². The summed E-state index contributed by atoms with van der Waals surface area (Å²) in [5.41, 5.74) is 1.74. The maximum absolute atomic E-state index is 13.2. The van der Waals surface area contributed by atoms with E-state index in [1.807, 2.05) is 30.3 Å². The van der Waals surface area contributed by atoms with E-state index in [1.54, 1.807) is 42.2 Å². The Morgan fingerprint density at radius 3 is 2.14 bits per heavy atom. The molecule has 7 nitrogen and oxygen atoms in total. The van der Waals surface area contributed by atoms with Gasteiger partial charge in [-0.1, -0.05) is 53.7 Å². The minimum atomic E-state index is -3.56. The number of carbonyl (C=O) groups excluding carboxylic acids is 1. The Kier molecular flexibility index (Phi) is 5.21. The molecule has 0 saturated carbocycles. The molecule has 0 unspecified atom stereocenters. The number of piperazine rings is 1. The zero-order valence-electron chi connectivity index (χ0n) is 16.0. The molecule has 0 aliphatic carbocycles. The van der Waals surface area contributed by atoms with Crippen molar-refractivity contribution in [1.82, 2.24) is 14.4 Å². The van der Waals surface area contributed by atoms with Gasteiger partial charge >= 0.3 is 0 Å². The first kappa shape index (κ1) is 19.4. The summed E-state index contributed by atoms with van der Waals surface area (Å²) in [6.07, 6.45) is 0. The molecule has 8 heteroatoms. The SMILES string of the molecule is Cc1onc(-c2ccccc2)c1C(=O)N1CCN(S(=O)(=O)c2ccccc2)CC1. The lowest BCUT2D eigenvalue weighted by Crippen LogP contribution is -2.50. The smallest absolute Gasteiger partial charge is 0.259 e. The summed E-state index contributed by atoms with van der Waals surface area (Å²) in [6.45, 7) is 2.82. The van der Waals surface area contributed by atoms with E-state index in [-0.39, 0.29) is 23.9 Å². The van der Waals surface area contributed by atoms with E-state index in [0.29, 0.717) is 30.1 Å². The first-order valence-corrected chi connectivity index (χ1v) is 10.8. The number of hydrogen-bond donors (Lipinski definition) is 0. The first-order chi connectivity index (χ1) is 14.0. The Bertz CT molecular complexity index is 1100. The van der Waals surface area contributed by atoms with Gasteiger partial charge in [-0.15, -0.1) is 0 Å². The minimum Gasteiger partial charge on any atom is -0.360 e. The van der Waals surface area contributed by atoms with Crippen molar-refractivity contribution >= 4 is 15.9 Å². The highest BCUT2D eigenvalue weighted by Gasteiger charge is 2.32. The summed E-state index contributed by atoms with van der Waals surface area (Å²) >= 11 is 0. The molecule has 0 bridgehead atoms. The number of amides is 1. The van der Waals surface area contributed by atoms with Crippen LogP contribution in [0.25, 0.3) is 11.3 Å². The second-order valence-electron chi connectivity index (χ2n) is 6.84. The number of sulfonamides is 1. The van der Waals surface area contributed by atoms with Gasteiger partial charge < -0.3 is 9.42 Å². The number of aryl methyl sites for hydroxylation is 1. The molecule has 4 rings (SSSR count). The van der Waals surface area contributed by atoms with Crippen molar-refractivity contribution < 1.29 is 17.7 Å². The quantitative estimate of drug-likeness (QED) is 0.659. The lowest BCUT2D eigenvalue weighted by atomic mass is 10.0. The van der Waals surface area contributed by atoms with Gasteiger partial charge in [-0.05, 0) is 19.1 Å². The Labute approximate surface area is 169 Å². The topological polar surface area (TPSA) is 83.7 Å². The molecule has 0 spiro atoms. The fourth-order valence-corrected chi connectivity index (χ4v) is 4.89. The Balaban J connectivity index is 1.52. The first-order valence-electron chi connectivity index (χ1n) is 9.34. The highest BCUT2D eigenvalue weighted by atomic mass is 32.2. The van der Waals surface area contributed by atoms with Gasteiger partial charge in [-0.2, -0.15) is 4.31 Å². The molecule has 2 aromatic carbocycles. The van der Waals surface area contributed by atoms with Crippen LogP contribution in [0.2, 0.25) is 0 Å². The molecule has 1 aliphatic heterocycles. The van der Waals surface area contributed by atoms with Crippen LogP contribution >= 0.6 is 0 Å². The van der Waals surface area contributed by atoms with Crippen LogP contribution in [0, 0.1) is 6.92 Å². The third-order valence-corrected chi connectivity index (χ3v) is 6.94. The molecule has 1 aliphatic rings. The van der Waals surface area contributed by atoms with Gasteiger partial charge in [0, 0.05) is 31.7 Å². The maximum Gasteiger partial charge on any atom is 0.259 e. The number of hydrogen-bond acceptors (Lipinski definition) is 5. The van der Waals surface area contributed by atoms with Gasteiger partial charge in [0.1, 0.15) is 17.0 Å². The second-order valence-corrected chi connectivity index (χ2v) is 8.78. The molecule has 150 valence electrons. The number of aromatic nitrogens is 1. The van der Waals surface area contributed by atoms with Gasteiger partial charge in [0.2, 0.25) is 10.0 Å². The predicted octanol–water partition coefficient (Wildman–Crippen LogP) is 2.80. The lowest BCUT2D eigenvalue weighted by Gasteiger charge is -2.34. The molecule has 3 aromatic rings. The molecule has 0 atom stereocenters. The number of benzene rings is 2. The van der Waals surface area contributed by atoms with Crippen LogP contribution in [0.5, 0.6) is 0 Å². The summed E-state index contributed by atoms with van der Waals surface area (Å²) in [5, 5.41) is 4.07. The van der Waals surface area contributed by atoms with Crippen LogP contribution in [0.3, 0.4) is 0 Å². The zero-order valence-corrected chi connectivity index (χ0v) is 16.8. The fourth-order valence-electron chi connectivity index (χ4n) is 3.45. The van der Waals surface area contributed by atoms with Crippen LogP contribution in [0.15, 0.2) is 70.1 Å². The highest BCUT2D eigenvalue weighted by Crippen LogP contribution is 2.27. The van der Waals surface area contributed by atoms with E-state index in [1.165, 1.54) is 4.31 Å². The van der Waals surface area contributed by atoms with Crippen molar-refractivity contribution in [2.75, 3.05) is 26.2 Å². The van der Waals surface area contributed by atoms with Gasteiger partial charge in [0.25, 0.3) is 5.91 Å². The Morgan fingerprint density at radius 1 is 0.931 bits per heavy atom. The molecule has 1 fully saturated rings. The van der Waals surface area contributed by atoms with Crippen LogP contribution in [-0.2, 0) is 10.0 Å². The average Bonchev–Trinajstić information content (AvgIpc) is 3.16. The monoisotopic (exact) mass is 411 g/mol. The lowest BCUT2D eigenvalue weighted by molar-refractivity contribution is 0.0697. The second kappa shape index (κ2) is 7.81. The van der Waals surface area contributed by atoms with Crippen molar-refractivity contribution in [2.24, 2.45) is 0 Å². The Morgan fingerprint density at radius 2 is 1.52 bits per heavy atom. The summed E-state index contributed by atoms with van der Waals surface area (Å²) in [6, 6.07) is 17.7. The van der Waals surface area contributed by atoms with E-state index >= 15 is 0 Å². The standard InChI is InChI=1S/C21H21N3O4S/c1-16-19(20(22-28-16)17-8-4-2-5-9-17)21(25)23-12-14-24(15-13-23)29(26,27)18-10-6-3-7-11-18/h2-11H,12-15H2,1H3. The van der Waals surface area contributed by atoms with Gasteiger partial charge in [0.15, 0.2) is 0 Å².